The van der Waals surface area contributed by atoms with Crippen molar-refractivity contribution >= 4 is 17.3 Å². The first-order chi connectivity index (χ1) is 15.1. The molecule has 0 aliphatic carbocycles. The molecule has 9 heteroatoms. The zero-order valence-electron chi connectivity index (χ0n) is 18.0. The van der Waals surface area contributed by atoms with Crippen LogP contribution in [0.1, 0.15) is 19.5 Å². The predicted molar refractivity (Wildman–Crippen MR) is 120 cm³/mol. The summed E-state index contributed by atoms with van der Waals surface area (Å²) in [5.74, 6) is 1.90. The van der Waals surface area contributed by atoms with Crippen LogP contribution in [0.5, 0.6) is 5.75 Å². The second kappa shape index (κ2) is 9.02. The maximum atomic E-state index is 8.83. The van der Waals surface area contributed by atoms with Crippen LogP contribution in [-0.2, 0) is 0 Å². The fourth-order valence-electron chi connectivity index (χ4n) is 3.90. The highest BCUT2D eigenvalue weighted by Gasteiger charge is 2.23. The van der Waals surface area contributed by atoms with Gasteiger partial charge in [-0.25, -0.2) is 9.97 Å². The zero-order chi connectivity index (χ0) is 21.8. The number of H-pyrrole nitrogens is 1. The van der Waals surface area contributed by atoms with Crippen LogP contribution in [0.15, 0.2) is 36.7 Å². The Kier molecular flexibility index (Phi) is 6.00. The van der Waals surface area contributed by atoms with Gasteiger partial charge in [-0.3, -0.25) is 10.00 Å². The molecule has 31 heavy (non-hydrogen) atoms. The number of likely N-dealkylation sites (N-methyl/N-ethyl adjacent to an activating group) is 1. The van der Waals surface area contributed by atoms with Gasteiger partial charge in [0, 0.05) is 49.1 Å². The van der Waals surface area contributed by atoms with Gasteiger partial charge in [0.25, 0.3) is 0 Å². The Morgan fingerprint density at radius 1 is 1.23 bits per heavy atom. The molecular weight excluding hydrogens is 392 g/mol. The molecule has 3 heterocycles. The molecule has 0 bridgehead atoms. The van der Waals surface area contributed by atoms with Crippen molar-refractivity contribution in [3.8, 4) is 23.1 Å². The van der Waals surface area contributed by atoms with Crippen molar-refractivity contribution in [2.24, 2.45) is 0 Å². The molecule has 1 fully saturated rings. The van der Waals surface area contributed by atoms with Crippen LogP contribution in [0.3, 0.4) is 0 Å². The van der Waals surface area contributed by atoms with Gasteiger partial charge in [0.1, 0.15) is 17.6 Å². The lowest BCUT2D eigenvalue weighted by atomic mass is 10.1. The van der Waals surface area contributed by atoms with E-state index in [9.17, 15) is 0 Å². The molecule has 3 aromatic rings. The number of hydrogen-bond donors (Lipinski definition) is 2. The molecule has 2 N–H and O–H groups in total. The summed E-state index contributed by atoms with van der Waals surface area (Å²) in [5, 5.41) is 19.3. The largest absolute Gasteiger partial charge is 0.496 e. The van der Waals surface area contributed by atoms with Crippen molar-refractivity contribution in [1.82, 2.24) is 25.1 Å². The van der Waals surface area contributed by atoms with Crippen molar-refractivity contribution < 1.29 is 4.74 Å². The minimum Gasteiger partial charge on any atom is -0.496 e. The van der Waals surface area contributed by atoms with Crippen LogP contribution in [0, 0.1) is 11.3 Å². The average molecular weight is 419 g/mol. The fraction of sp³-hybridized carbons (Fsp3) is 0.364. The summed E-state index contributed by atoms with van der Waals surface area (Å²) in [6.07, 6.45) is 2.92. The lowest BCUT2D eigenvalue weighted by Gasteiger charge is -2.40. The third-order valence-corrected chi connectivity index (χ3v) is 5.61. The van der Waals surface area contributed by atoms with Gasteiger partial charge in [-0.05, 0) is 25.6 Å². The quantitative estimate of drug-likeness (QED) is 0.629. The molecule has 0 saturated carbocycles. The van der Waals surface area contributed by atoms with E-state index in [-0.39, 0.29) is 5.69 Å². The van der Waals surface area contributed by atoms with E-state index in [1.807, 2.05) is 12.1 Å². The summed E-state index contributed by atoms with van der Waals surface area (Å²) >= 11 is 0. The fourth-order valence-corrected chi connectivity index (χ4v) is 3.90. The number of nitriles is 1. The molecule has 0 amide bonds. The highest BCUT2D eigenvalue weighted by atomic mass is 16.5. The van der Waals surface area contributed by atoms with Gasteiger partial charge in [-0.2, -0.15) is 10.4 Å². The van der Waals surface area contributed by atoms with Gasteiger partial charge in [-0.1, -0.05) is 6.92 Å². The van der Waals surface area contributed by atoms with E-state index >= 15 is 0 Å². The normalized spacial score (nSPS) is 16.7. The summed E-state index contributed by atoms with van der Waals surface area (Å²) in [7, 11) is 1.68. The standard InChI is InChI=1S/C22H26N8O/c1-4-29-7-8-30(14-15(29)2)17-5-6-18(20(9-17)31-3)19-10-21(28-27-19)26-22-13-24-16(11-23)12-25-22/h5-6,9-10,12-13,15H,4,7-8,14H2,1-3H3,(H2,25,26,27,28). The Balaban J connectivity index is 1.51. The van der Waals surface area contributed by atoms with Crippen molar-refractivity contribution in [2.45, 2.75) is 19.9 Å². The molecule has 2 aromatic heterocycles. The molecule has 4 rings (SSSR count). The second-order valence-corrected chi connectivity index (χ2v) is 7.50. The number of methoxy groups -OCH3 is 1. The Morgan fingerprint density at radius 2 is 2.10 bits per heavy atom. The number of aromatic nitrogens is 4. The summed E-state index contributed by atoms with van der Waals surface area (Å²) < 4.78 is 5.70. The van der Waals surface area contributed by atoms with E-state index in [1.54, 1.807) is 7.11 Å². The number of hydrogen-bond acceptors (Lipinski definition) is 8. The van der Waals surface area contributed by atoms with Gasteiger partial charge >= 0.3 is 0 Å². The van der Waals surface area contributed by atoms with E-state index in [4.69, 9.17) is 10.00 Å². The van der Waals surface area contributed by atoms with Crippen LogP contribution in [0.4, 0.5) is 17.3 Å². The zero-order valence-corrected chi connectivity index (χ0v) is 18.0. The minimum absolute atomic E-state index is 0.267. The van der Waals surface area contributed by atoms with Gasteiger partial charge in [0.05, 0.1) is 25.2 Å². The molecule has 1 atom stereocenters. The summed E-state index contributed by atoms with van der Waals surface area (Å²) in [5.41, 5.74) is 3.19. The Morgan fingerprint density at radius 3 is 2.77 bits per heavy atom. The van der Waals surface area contributed by atoms with E-state index in [0.29, 0.717) is 17.7 Å². The Hall–Kier alpha value is -3.64. The molecule has 1 aliphatic rings. The molecule has 1 aliphatic heterocycles. The molecule has 9 nitrogen and oxygen atoms in total. The molecule has 1 unspecified atom stereocenters. The van der Waals surface area contributed by atoms with E-state index in [0.717, 1.165) is 48.9 Å². The predicted octanol–water partition coefficient (Wildman–Crippen LogP) is 3.02. The summed E-state index contributed by atoms with van der Waals surface area (Å²) in [6.45, 7) is 8.64. The maximum absolute atomic E-state index is 8.83. The molecular formula is C22H26N8O. The number of aromatic amines is 1. The number of ether oxygens (including phenoxy) is 1. The van der Waals surface area contributed by atoms with Crippen LogP contribution >= 0.6 is 0 Å². The highest BCUT2D eigenvalue weighted by molar-refractivity contribution is 5.73. The SMILES string of the molecule is CCN1CCN(c2ccc(-c3cc(Nc4cnc(C#N)cn4)n[nH]3)c(OC)c2)CC1C. The molecule has 0 radical (unpaired) electrons. The van der Waals surface area contributed by atoms with Crippen LogP contribution in [0.25, 0.3) is 11.3 Å². The number of rotatable bonds is 6. The number of nitrogens with zero attached hydrogens (tertiary/aromatic N) is 6. The first-order valence-electron chi connectivity index (χ1n) is 10.3. The van der Waals surface area contributed by atoms with Gasteiger partial charge in [-0.15, -0.1) is 0 Å². The number of anilines is 3. The average Bonchev–Trinajstić information content (AvgIpc) is 3.27. The lowest BCUT2D eigenvalue weighted by molar-refractivity contribution is 0.199. The van der Waals surface area contributed by atoms with Crippen molar-refractivity contribution in [2.75, 3.05) is 43.5 Å². The molecule has 160 valence electrons. The summed E-state index contributed by atoms with van der Waals surface area (Å²) in [6, 6.07) is 10.6. The molecule has 1 aromatic carbocycles. The van der Waals surface area contributed by atoms with Crippen LogP contribution in [0.2, 0.25) is 0 Å². The van der Waals surface area contributed by atoms with Gasteiger partial charge < -0.3 is 15.0 Å². The van der Waals surface area contributed by atoms with Crippen LogP contribution in [-0.4, -0.2) is 64.4 Å². The van der Waals surface area contributed by atoms with Crippen molar-refractivity contribution in [3.63, 3.8) is 0 Å². The van der Waals surface area contributed by atoms with Crippen LogP contribution < -0.4 is 15.0 Å². The first-order valence-corrected chi connectivity index (χ1v) is 10.3. The van der Waals surface area contributed by atoms with Crippen molar-refractivity contribution in [3.05, 3.63) is 42.4 Å². The van der Waals surface area contributed by atoms with Gasteiger partial charge in [0.15, 0.2) is 11.5 Å². The van der Waals surface area contributed by atoms with E-state index in [2.05, 4.69) is 67.3 Å². The minimum atomic E-state index is 0.267. The Labute approximate surface area is 181 Å². The number of piperazine rings is 1. The van der Waals surface area contributed by atoms with Crippen molar-refractivity contribution in [1.29, 1.82) is 5.26 Å². The number of nitrogens with one attached hydrogen (secondary N) is 2. The Bertz CT molecular complexity index is 1070. The third-order valence-electron chi connectivity index (χ3n) is 5.61. The lowest BCUT2D eigenvalue weighted by Crippen LogP contribution is -2.51. The molecule has 0 spiro atoms. The molecule has 1 saturated heterocycles. The van der Waals surface area contributed by atoms with Gasteiger partial charge in [0.2, 0.25) is 0 Å². The summed E-state index contributed by atoms with van der Waals surface area (Å²) in [4.78, 5) is 13.1. The first kappa shape index (κ1) is 20.6. The maximum Gasteiger partial charge on any atom is 0.158 e. The monoisotopic (exact) mass is 418 g/mol. The second-order valence-electron chi connectivity index (χ2n) is 7.50. The van der Waals surface area contributed by atoms with E-state index in [1.165, 1.54) is 12.4 Å². The topological polar surface area (TPSA) is 106 Å². The highest BCUT2D eigenvalue weighted by Crippen LogP contribution is 2.34. The third kappa shape index (κ3) is 4.44. The number of benzene rings is 1. The smallest absolute Gasteiger partial charge is 0.158 e. The van der Waals surface area contributed by atoms with E-state index < -0.39 is 0 Å².